The van der Waals surface area contributed by atoms with Gasteiger partial charge in [-0.3, -0.25) is 14.6 Å². The summed E-state index contributed by atoms with van der Waals surface area (Å²) in [5, 5.41) is 3.03. The molecule has 2 aromatic carbocycles. The topological polar surface area (TPSA) is 80.3 Å². The van der Waals surface area contributed by atoms with Crippen LogP contribution in [0.2, 0.25) is 0 Å². The third-order valence-electron chi connectivity index (χ3n) is 6.59. The van der Waals surface area contributed by atoms with Gasteiger partial charge in [0.2, 0.25) is 12.7 Å². The first-order chi connectivity index (χ1) is 16.6. The highest BCUT2D eigenvalue weighted by Crippen LogP contribution is 2.33. The highest BCUT2D eigenvalue weighted by Gasteiger charge is 2.39. The number of carbonyl (C=O) groups is 2. The summed E-state index contributed by atoms with van der Waals surface area (Å²) in [5.41, 5.74) is 4.13. The van der Waals surface area contributed by atoms with Crippen molar-refractivity contribution in [1.29, 1.82) is 0 Å². The molecule has 3 heterocycles. The number of cyclic esters (lactones) is 1. The minimum absolute atomic E-state index is 0.00765. The number of carbonyl (C=O) groups excluding carboxylic acids is 2. The number of amides is 2. The lowest BCUT2D eigenvalue weighted by molar-refractivity contribution is -0.127. The van der Waals surface area contributed by atoms with E-state index in [9.17, 15) is 9.59 Å². The Morgan fingerprint density at radius 1 is 1.12 bits per heavy atom. The number of hydrogen-bond donors (Lipinski definition) is 1. The van der Waals surface area contributed by atoms with Crippen LogP contribution >= 0.6 is 0 Å². The Morgan fingerprint density at radius 3 is 2.65 bits per heavy atom. The molecule has 1 saturated heterocycles. The van der Waals surface area contributed by atoms with E-state index in [1.807, 2.05) is 49.4 Å². The molecule has 1 unspecified atom stereocenters. The maximum absolute atomic E-state index is 13.2. The van der Waals surface area contributed by atoms with Crippen LogP contribution < -0.4 is 10.2 Å². The van der Waals surface area contributed by atoms with E-state index in [1.165, 1.54) is 6.26 Å². The van der Waals surface area contributed by atoms with Gasteiger partial charge in [-0.05, 0) is 31.4 Å². The minimum Gasteiger partial charge on any atom is -0.462 e. The first-order valence-corrected chi connectivity index (χ1v) is 11.7. The van der Waals surface area contributed by atoms with Gasteiger partial charge in [0.05, 0.1) is 5.69 Å². The Hall–Kier alpha value is -3.52. The SMILES string of the molecule is Cc1ccc2c(c1)COC(=O)N2C1CCN(C(C(=O)NCc2ccccc2)C2=COCO2)CC1. The molecule has 0 spiro atoms. The van der Waals surface area contributed by atoms with Crippen LogP contribution in [-0.2, 0) is 32.2 Å². The van der Waals surface area contributed by atoms with E-state index in [0.717, 1.165) is 35.2 Å². The Labute approximate surface area is 199 Å². The average molecular weight is 464 g/mol. The highest BCUT2D eigenvalue weighted by molar-refractivity contribution is 5.91. The molecule has 34 heavy (non-hydrogen) atoms. The normalized spacial score (nSPS) is 19.4. The van der Waals surface area contributed by atoms with Crippen molar-refractivity contribution in [2.45, 2.75) is 45.0 Å². The summed E-state index contributed by atoms with van der Waals surface area (Å²) in [5.74, 6) is 0.388. The summed E-state index contributed by atoms with van der Waals surface area (Å²) >= 11 is 0. The Kier molecular flexibility index (Phi) is 6.40. The molecule has 0 bridgehead atoms. The van der Waals surface area contributed by atoms with Gasteiger partial charge in [0.1, 0.15) is 12.9 Å². The van der Waals surface area contributed by atoms with E-state index in [1.54, 1.807) is 4.90 Å². The minimum atomic E-state index is -0.574. The zero-order valence-corrected chi connectivity index (χ0v) is 19.2. The summed E-state index contributed by atoms with van der Waals surface area (Å²) in [4.78, 5) is 29.8. The number of hydrogen-bond acceptors (Lipinski definition) is 6. The Balaban J connectivity index is 1.28. The van der Waals surface area contributed by atoms with Gasteiger partial charge < -0.3 is 19.5 Å². The standard InChI is InChI=1S/C26H29N3O5/c1-18-7-8-22-20(13-18)15-33-26(31)29(22)21-9-11-28(12-10-21)24(23-16-32-17-34-23)25(30)27-14-19-5-3-2-4-6-19/h2-8,13,16,21,24H,9-12,14-15,17H2,1H3,(H,27,30). The van der Waals surface area contributed by atoms with Crippen molar-refractivity contribution in [2.75, 3.05) is 24.8 Å². The van der Waals surface area contributed by atoms with Gasteiger partial charge in [-0.1, -0.05) is 48.0 Å². The maximum Gasteiger partial charge on any atom is 0.414 e. The van der Waals surface area contributed by atoms with Crippen LogP contribution in [0.25, 0.3) is 0 Å². The zero-order valence-electron chi connectivity index (χ0n) is 19.2. The van der Waals surface area contributed by atoms with Crippen LogP contribution in [0.5, 0.6) is 0 Å². The van der Waals surface area contributed by atoms with Gasteiger partial charge in [0, 0.05) is 31.2 Å². The van der Waals surface area contributed by atoms with Crippen molar-refractivity contribution in [3.63, 3.8) is 0 Å². The number of rotatable bonds is 6. The molecule has 0 aliphatic carbocycles. The maximum atomic E-state index is 13.2. The van der Waals surface area contributed by atoms with Crippen LogP contribution in [-0.4, -0.2) is 48.9 Å². The van der Waals surface area contributed by atoms with E-state index in [0.29, 0.717) is 32.0 Å². The molecule has 5 rings (SSSR count). The Morgan fingerprint density at radius 2 is 1.91 bits per heavy atom. The molecule has 0 radical (unpaired) electrons. The van der Waals surface area contributed by atoms with Crippen molar-refractivity contribution < 1.29 is 23.8 Å². The van der Waals surface area contributed by atoms with Gasteiger partial charge >= 0.3 is 6.09 Å². The molecule has 8 nitrogen and oxygen atoms in total. The second-order valence-electron chi connectivity index (χ2n) is 8.88. The third-order valence-corrected chi connectivity index (χ3v) is 6.59. The van der Waals surface area contributed by atoms with Crippen LogP contribution in [0.1, 0.15) is 29.5 Å². The van der Waals surface area contributed by atoms with E-state index in [-0.39, 0.29) is 24.8 Å². The first-order valence-electron chi connectivity index (χ1n) is 11.7. The summed E-state index contributed by atoms with van der Waals surface area (Å²) in [6, 6.07) is 15.3. The quantitative estimate of drug-likeness (QED) is 0.707. The van der Waals surface area contributed by atoms with Crippen molar-refractivity contribution in [3.05, 3.63) is 77.2 Å². The molecule has 0 saturated carbocycles. The predicted octanol–water partition coefficient (Wildman–Crippen LogP) is 3.45. The molecule has 3 aliphatic rings. The molecular formula is C26H29N3O5. The highest BCUT2D eigenvalue weighted by atomic mass is 16.7. The first kappa shape index (κ1) is 22.3. The number of ether oxygens (including phenoxy) is 3. The molecular weight excluding hydrogens is 434 g/mol. The number of likely N-dealkylation sites (tertiary alicyclic amines) is 1. The monoisotopic (exact) mass is 463 g/mol. The lowest BCUT2D eigenvalue weighted by Crippen LogP contribution is -2.55. The van der Waals surface area contributed by atoms with E-state index in [2.05, 4.69) is 16.3 Å². The van der Waals surface area contributed by atoms with Crippen molar-refractivity contribution in [2.24, 2.45) is 0 Å². The van der Waals surface area contributed by atoms with Crippen molar-refractivity contribution in [1.82, 2.24) is 10.2 Å². The van der Waals surface area contributed by atoms with Gasteiger partial charge in [0.25, 0.3) is 0 Å². The van der Waals surface area contributed by atoms with Crippen LogP contribution in [0.3, 0.4) is 0 Å². The smallest absolute Gasteiger partial charge is 0.414 e. The average Bonchev–Trinajstić information content (AvgIpc) is 3.39. The van der Waals surface area contributed by atoms with Crippen LogP contribution in [0, 0.1) is 6.92 Å². The number of aryl methyl sites for hydroxylation is 1. The van der Waals surface area contributed by atoms with Crippen molar-refractivity contribution >= 4 is 17.7 Å². The zero-order chi connectivity index (χ0) is 23.5. The van der Waals surface area contributed by atoms with Crippen LogP contribution in [0.4, 0.5) is 10.5 Å². The second kappa shape index (κ2) is 9.77. The summed E-state index contributed by atoms with van der Waals surface area (Å²) < 4.78 is 16.3. The summed E-state index contributed by atoms with van der Waals surface area (Å²) in [6.07, 6.45) is 2.67. The summed E-state index contributed by atoms with van der Waals surface area (Å²) in [7, 11) is 0. The molecule has 1 fully saturated rings. The fraction of sp³-hybridized carbons (Fsp3) is 0.385. The van der Waals surface area contributed by atoms with Gasteiger partial charge in [0.15, 0.2) is 11.8 Å². The molecule has 2 amide bonds. The largest absolute Gasteiger partial charge is 0.462 e. The number of piperidine rings is 1. The molecule has 2 aromatic rings. The predicted molar refractivity (Wildman–Crippen MR) is 126 cm³/mol. The molecule has 1 atom stereocenters. The third kappa shape index (κ3) is 4.59. The molecule has 0 aromatic heterocycles. The number of nitrogens with one attached hydrogen (secondary N) is 1. The van der Waals surface area contributed by atoms with E-state index < -0.39 is 6.04 Å². The lowest BCUT2D eigenvalue weighted by Gasteiger charge is -2.42. The van der Waals surface area contributed by atoms with E-state index in [4.69, 9.17) is 14.2 Å². The molecule has 178 valence electrons. The number of anilines is 1. The van der Waals surface area contributed by atoms with E-state index >= 15 is 0 Å². The van der Waals surface area contributed by atoms with Crippen LogP contribution in [0.15, 0.2) is 60.6 Å². The van der Waals surface area contributed by atoms with Gasteiger partial charge in [-0.2, -0.15) is 0 Å². The van der Waals surface area contributed by atoms with Crippen molar-refractivity contribution in [3.8, 4) is 0 Å². The van der Waals surface area contributed by atoms with Gasteiger partial charge in [-0.15, -0.1) is 0 Å². The number of benzene rings is 2. The lowest BCUT2D eigenvalue weighted by atomic mass is 9.98. The molecule has 8 heteroatoms. The number of fused-ring (bicyclic) bond motifs is 1. The molecule has 3 aliphatic heterocycles. The second-order valence-corrected chi connectivity index (χ2v) is 8.88. The fourth-order valence-electron chi connectivity index (χ4n) is 4.87. The van der Waals surface area contributed by atoms with Gasteiger partial charge in [-0.25, -0.2) is 4.79 Å². The number of nitrogens with zero attached hydrogens (tertiary/aromatic N) is 2. The Bertz CT molecular complexity index is 1080. The molecule has 1 N–H and O–H groups in total. The fourth-order valence-corrected chi connectivity index (χ4v) is 4.87. The summed E-state index contributed by atoms with van der Waals surface area (Å²) in [6.45, 7) is 4.17.